The average molecular weight is 394 g/mol. The summed E-state index contributed by atoms with van der Waals surface area (Å²) in [4.78, 5) is 11.6. The van der Waals surface area contributed by atoms with Crippen LogP contribution in [0.25, 0.3) is 11.4 Å². The molecule has 1 aliphatic rings. The molecule has 5 heteroatoms. The third-order valence-electron chi connectivity index (χ3n) is 3.94. The maximum Gasteiger partial charge on any atom is 0.161 e. The number of benzene rings is 1. The van der Waals surface area contributed by atoms with Gasteiger partial charge in [-0.05, 0) is 66.1 Å². The lowest BCUT2D eigenvalue weighted by atomic mass is 9.99. The SMILES string of the molecule is CNc1nc(-c2ccc3c(c2)CCCN3C)nc(C)c1I. The summed E-state index contributed by atoms with van der Waals surface area (Å²) in [6.07, 6.45) is 2.34. The Morgan fingerprint density at radius 3 is 2.86 bits per heavy atom. The van der Waals surface area contributed by atoms with E-state index >= 15 is 0 Å². The first kappa shape index (κ1) is 14.6. The number of nitrogens with one attached hydrogen (secondary N) is 1. The first-order valence-electron chi connectivity index (χ1n) is 7.16. The molecular formula is C16H19IN4. The second-order valence-corrected chi connectivity index (χ2v) is 6.49. The van der Waals surface area contributed by atoms with Crippen molar-refractivity contribution in [1.29, 1.82) is 0 Å². The van der Waals surface area contributed by atoms with Crippen molar-refractivity contribution < 1.29 is 0 Å². The van der Waals surface area contributed by atoms with Gasteiger partial charge in [-0.25, -0.2) is 9.97 Å². The van der Waals surface area contributed by atoms with Crippen LogP contribution in [0.3, 0.4) is 0 Å². The summed E-state index contributed by atoms with van der Waals surface area (Å²) in [5.41, 5.74) is 4.84. The highest BCUT2D eigenvalue weighted by molar-refractivity contribution is 14.1. The first-order valence-corrected chi connectivity index (χ1v) is 8.24. The predicted octanol–water partition coefficient (Wildman–Crippen LogP) is 3.48. The molecule has 4 nitrogen and oxygen atoms in total. The van der Waals surface area contributed by atoms with E-state index < -0.39 is 0 Å². The Kier molecular flexibility index (Phi) is 4.01. The maximum atomic E-state index is 4.65. The monoisotopic (exact) mass is 394 g/mol. The molecule has 0 amide bonds. The minimum atomic E-state index is 0.799. The molecule has 0 fully saturated rings. The Bertz CT molecular complexity index is 684. The summed E-state index contributed by atoms with van der Waals surface area (Å²) >= 11 is 2.28. The van der Waals surface area contributed by atoms with Gasteiger partial charge in [-0.3, -0.25) is 0 Å². The Labute approximate surface area is 139 Å². The number of hydrogen-bond acceptors (Lipinski definition) is 4. The summed E-state index contributed by atoms with van der Waals surface area (Å²) in [6, 6.07) is 6.56. The average Bonchev–Trinajstić information content (AvgIpc) is 2.50. The fourth-order valence-electron chi connectivity index (χ4n) is 2.78. The van der Waals surface area contributed by atoms with Crippen molar-refractivity contribution in [1.82, 2.24) is 9.97 Å². The van der Waals surface area contributed by atoms with Crippen LogP contribution < -0.4 is 10.2 Å². The summed E-state index contributed by atoms with van der Waals surface area (Å²) in [6.45, 7) is 3.16. The molecule has 2 heterocycles. The van der Waals surface area contributed by atoms with Crippen molar-refractivity contribution >= 4 is 34.1 Å². The number of aromatic nitrogens is 2. The number of halogens is 1. The Morgan fingerprint density at radius 2 is 2.10 bits per heavy atom. The van der Waals surface area contributed by atoms with Crippen LogP contribution in [-0.2, 0) is 6.42 Å². The number of rotatable bonds is 2. The molecule has 0 aliphatic carbocycles. The second-order valence-electron chi connectivity index (χ2n) is 5.41. The molecule has 0 saturated carbocycles. The maximum absolute atomic E-state index is 4.65. The number of nitrogens with zero attached hydrogens (tertiary/aromatic N) is 3. The Balaban J connectivity index is 2.07. The molecule has 3 rings (SSSR count). The van der Waals surface area contributed by atoms with Gasteiger partial charge in [-0.15, -0.1) is 0 Å². The summed E-state index contributed by atoms with van der Waals surface area (Å²) in [5, 5.41) is 3.15. The highest BCUT2D eigenvalue weighted by Gasteiger charge is 2.16. The van der Waals surface area contributed by atoms with Crippen LogP contribution in [0.1, 0.15) is 17.7 Å². The molecule has 0 unspecified atom stereocenters. The molecule has 0 spiro atoms. The number of hydrogen-bond donors (Lipinski definition) is 1. The van der Waals surface area contributed by atoms with Crippen LogP contribution in [0, 0.1) is 10.5 Å². The lowest BCUT2D eigenvalue weighted by molar-refractivity contribution is 0.744. The molecule has 1 aliphatic heterocycles. The van der Waals surface area contributed by atoms with E-state index in [1.54, 1.807) is 0 Å². The molecule has 0 atom stereocenters. The zero-order valence-corrected chi connectivity index (χ0v) is 14.7. The van der Waals surface area contributed by atoms with Gasteiger partial charge >= 0.3 is 0 Å². The van der Waals surface area contributed by atoms with Crippen molar-refractivity contribution in [2.75, 3.05) is 30.9 Å². The normalized spacial score (nSPS) is 14.0. The van der Waals surface area contributed by atoms with Crippen molar-refractivity contribution in [2.24, 2.45) is 0 Å². The fourth-order valence-corrected chi connectivity index (χ4v) is 3.29. The highest BCUT2D eigenvalue weighted by Crippen LogP contribution is 2.30. The van der Waals surface area contributed by atoms with Crippen LogP contribution in [0.5, 0.6) is 0 Å². The molecule has 1 aromatic carbocycles. The number of fused-ring (bicyclic) bond motifs is 1. The third kappa shape index (κ3) is 2.71. The van der Waals surface area contributed by atoms with Crippen LogP contribution in [0.4, 0.5) is 11.5 Å². The van der Waals surface area contributed by atoms with E-state index in [2.05, 4.69) is 68.0 Å². The van der Waals surface area contributed by atoms with Gasteiger partial charge in [-0.1, -0.05) is 0 Å². The number of anilines is 2. The first-order chi connectivity index (χ1) is 10.1. The topological polar surface area (TPSA) is 41.1 Å². The standard InChI is InChI=1S/C16H19IN4/c1-10-14(17)16(18-2)20-15(19-10)12-6-7-13-11(9-12)5-4-8-21(13)3/h6-7,9H,4-5,8H2,1-3H3,(H,18,19,20). The molecule has 0 radical (unpaired) electrons. The Morgan fingerprint density at radius 1 is 1.29 bits per heavy atom. The van der Waals surface area contributed by atoms with E-state index in [0.717, 1.165) is 39.4 Å². The van der Waals surface area contributed by atoms with Crippen molar-refractivity contribution in [2.45, 2.75) is 19.8 Å². The van der Waals surface area contributed by atoms with E-state index in [4.69, 9.17) is 0 Å². The van der Waals surface area contributed by atoms with Crippen molar-refractivity contribution in [3.8, 4) is 11.4 Å². The predicted molar refractivity (Wildman–Crippen MR) is 96.1 cm³/mol. The van der Waals surface area contributed by atoms with Crippen LogP contribution >= 0.6 is 22.6 Å². The third-order valence-corrected chi connectivity index (χ3v) is 5.23. The van der Waals surface area contributed by atoms with Gasteiger partial charge in [0.25, 0.3) is 0 Å². The van der Waals surface area contributed by atoms with E-state index in [9.17, 15) is 0 Å². The van der Waals surface area contributed by atoms with Gasteiger partial charge < -0.3 is 10.2 Å². The molecule has 21 heavy (non-hydrogen) atoms. The van der Waals surface area contributed by atoms with Crippen molar-refractivity contribution in [3.63, 3.8) is 0 Å². The van der Waals surface area contributed by atoms with Gasteiger partial charge in [0.15, 0.2) is 5.82 Å². The van der Waals surface area contributed by atoms with E-state index in [1.165, 1.54) is 17.7 Å². The molecule has 0 bridgehead atoms. The molecular weight excluding hydrogens is 375 g/mol. The van der Waals surface area contributed by atoms with Gasteiger partial charge in [0.1, 0.15) is 5.82 Å². The summed E-state index contributed by atoms with van der Waals surface area (Å²) in [5.74, 6) is 1.70. The van der Waals surface area contributed by atoms with Crippen LogP contribution in [-0.4, -0.2) is 30.6 Å². The highest BCUT2D eigenvalue weighted by atomic mass is 127. The van der Waals surface area contributed by atoms with Crippen molar-refractivity contribution in [3.05, 3.63) is 33.0 Å². The summed E-state index contributed by atoms with van der Waals surface area (Å²) in [7, 11) is 4.05. The van der Waals surface area contributed by atoms with Crippen LogP contribution in [0.15, 0.2) is 18.2 Å². The van der Waals surface area contributed by atoms with Crippen LogP contribution in [0.2, 0.25) is 0 Å². The second kappa shape index (κ2) is 5.79. The van der Waals surface area contributed by atoms with Gasteiger partial charge in [-0.2, -0.15) is 0 Å². The zero-order chi connectivity index (χ0) is 15.0. The van der Waals surface area contributed by atoms with E-state index in [-0.39, 0.29) is 0 Å². The minimum absolute atomic E-state index is 0.799. The van der Waals surface area contributed by atoms with E-state index in [0.29, 0.717) is 0 Å². The molecule has 110 valence electrons. The lowest BCUT2D eigenvalue weighted by Crippen LogP contribution is -2.24. The van der Waals surface area contributed by atoms with Gasteiger partial charge in [0.2, 0.25) is 0 Å². The van der Waals surface area contributed by atoms with Gasteiger partial charge in [0.05, 0.1) is 9.26 Å². The fraction of sp³-hybridized carbons (Fsp3) is 0.375. The molecule has 1 N–H and O–H groups in total. The quantitative estimate of drug-likeness (QED) is 0.792. The molecule has 0 saturated heterocycles. The number of aryl methyl sites for hydroxylation is 2. The largest absolute Gasteiger partial charge is 0.374 e. The summed E-state index contributed by atoms with van der Waals surface area (Å²) < 4.78 is 1.08. The zero-order valence-electron chi connectivity index (χ0n) is 12.6. The minimum Gasteiger partial charge on any atom is -0.374 e. The Hall–Kier alpha value is -1.37. The lowest BCUT2D eigenvalue weighted by Gasteiger charge is -2.27. The molecule has 2 aromatic rings. The molecule has 1 aromatic heterocycles. The van der Waals surface area contributed by atoms with E-state index in [1.807, 2.05) is 14.0 Å². The smallest absolute Gasteiger partial charge is 0.161 e. The van der Waals surface area contributed by atoms with Gasteiger partial charge in [0, 0.05) is 31.9 Å².